The van der Waals surface area contributed by atoms with Crippen LogP contribution in [0.4, 0.5) is 50.8 Å². The van der Waals surface area contributed by atoms with Crippen LogP contribution < -0.4 is 21.3 Å². The van der Waals surface area contributed by atoms with Crippen LogP contribution in [0.15, 0.2) is 79.0 Å². The molecule has 5 rings (SSSR count). The zero-order valence-electron chi connectivity index (χ0n) is 19.4. The predicted octanol–water partition coefficient (Wildman–Crippen LogP) is 7.05. The predicted molar refractivity (Wildman–Crippen MR) is 138 cm³/mol. The Balaban J connectivity index is 1.30. The van der Waals surface area contributed by atoms with Crippen LogP contribution in [0, 0.1) is 5.82 Å². The van der Waals surface area contributed by atoms with Gasteiger partial charge in [0.1, 0.15) is 5.82 Å². The van der Waals surface area contributed by atoms with Gasteiger partial charge in [0.2, 0.25) is 0 Å². The van der Waals surface area contributed by atoms with E-state index in [9.17, 15) is 27.2 Å². The lowest BCUT2D eigenvalue weighted by atomic mass is 10.1. The number of alkyl halides is 3. The fourth-order valence-electron chi connectivity index (χ4n) is 3.97. The second-order valence-corrected chi connectivity index (χ2v) is 8.41. The number of H-pyrrole nitrogens is 1. The van der Waals surface area contributed by atoms with Crippen LogP contribution in [0.3, 0.4) is 0 Å². The lowest BCUT2D eigenvalue weighted by Crippen LogP contribution is -2.20. The molecule has 7 nitrogen and oxygen atoms in total. The topological polar surface area (TPSA) is 98.1 Å². The second kappa shape index (κ2) is 9.77. The summed E-state index contributed by atoms with van der Waals surface area (Å²) >= 11 is 0. The average molecular weight is 521 g/mol. The number of aromatic amines is 1. The first-order chi connectivity index (χ1) is 18.1. The third-order valence-electron chi connectivity index (χ3n) is 5.62. The number of aromatic nitrogens is 1. The molecule has 0 spiro atoms. The van der Waals surface area contributed by atoms with Crippen LogP contribution >= 0.6 is 0 Å². The minimum absolute atomic E-state index is 0.0719. The average Bonchev–Trinajstić information content (AvgIpc) is 3.46. The van der Waals surface area contributed by atoms with E-state index < -0.39 is 23.6 Å². The Bertz CT molecular complexity index is 1560. The SMILES string of the molecule is O=C(Nc1cc(F)cc(Nc2ccc3c(c2)NC(=O)/C3=C/c2ccc[nH]2)c1)Nc1cccc(C(F)(F)F)c1. The number of halogens is 4. The number of hydrogen-bond acceptors (Lipinski definition) is 3. The quantitative estimate of drug-likeness (QED) is 0.144. The van der Waals surface area contributed by atoms with Gasteiger partial charge in [-0.05, 0) is 66.7 Å². The molecule has 3 aromatic carbocycles. The number of benzene rings is 3. The molecule has 5 N–H and O–H groups in total. The van der Waals surface area contributed by atoms with Crippen LogP contribution in [0.2, 0.25) is 0 Å². The molecule has 4 aromatic rings. The maximum Gasteiger partial charge on any atom is 0.416 e. The summed E-state index contributed by atoms with van der Waals surface area (Å²) in [5, 5.41) is 10.5. The van der Waals surface area contributed by atoms with E-state index in [0.29, 0.717) is 28.2 Å². The summed E-state index contributed by atoms with van der Waals surface area (Å²) < 4.78 is 53.0. The Kier molecular flexibility index (Phi) is 6.33. The van der Waals surface area contributed by atoms with Crippen LogP contribution in [-0.2, 0) is 11.0 Å². The summed E-state index contributed by atoms with van der Waals surface area (Å²) in [6.07, 6.45) is -1.06. The van der Waals surface area contributed by atoms with E-state index >= 15 is 0 Å². The van der Waals surface area contributed by atoms with Crippen LogP contribution in [-0.4, -0.2) is 16.9 Å². The number of hydrogen-bond donors (Lipinski definition) is 5. The fourth-order valence-corrected chi connectivity index (χ4v) is 3.97. The molecule has 0 atom stereocenters. The summed E-state index contributed by atoms with van der Waals surface area (Å²) in [6.45, 7) is 0. The number of carbonyl (C=O) groups excluding carboxylic acids is 2. The van der Waals surface area contributed by atoms with E-state index in [2.05, 4.69) is 26.3 Å². The van der Waals surface area contributed by atoms with Crippen molar-refractivity contribution in [3.8, 4) is 0 Å². The second-order valence-electron chi connectivity index (χ2n) is 8.41. The number of anilines is 5. The zero-order valence-corrected chi connectivity index (χ0v) is 19.4. The molecule has 0 aliphatic carbocycles. The number of rotatable bonds is 5. The molecule has 11 heteroatoms. The van der Waals surface area contributed by atoms with Crippen molar-refractivity contribution < 1.29 is 27.2 Å². The van der Waals surface area contributed by atoms with E-state index in [1.54, 1.807) is 30.5 Å². The summed E-state index contributed by atoms with van der Waals surface area (Å²) in [7, 11) is 0. The van der Waals surface area contributed by atoms with Crippen LogP contribution in [0.1, 0.15) is 16.8 Å². The molecular formula is C27H19F4N5O2. The smallest absolute Gasteiger partial charge is 0.362 e. The third-order valence-corrected chi connectivity index (χ3v) is 5.62. The van der Waals surface area contributed by atoms with Gasteiger partial charge in [-0.15, -0.1) is 0 Å². The normalized spacial score (nSPS) is 13.7. The molecule has 0 fully saturated rings. The molecule has 1 aliphatic rings. The minimum atomic E-state index is -4.56. The van der Waals surface area contributed by atoms with Crippen LogP contribution in [0.5, 0.6) is 0 Å². The van der Waals surface area contributed by atoms with Crippen molar-refractivity contribution in [2.45, 2.75) is 6.18 Å². The van der Waals surface area contributed by atoms with Crippen molar-refractivity contribution >= 4 is 52.0 Å². The summed E-state index contributed by atoms with van der Waals surface area (Å²) in [5.41, 5.74) is 2.50. The van der Waals surface area contributed by atoms with Crippen molar-refractivity contribution in [1.29, 1.82) is 0 Å². The first-order valence-corrected chi connectivity index (χ1v) is 11.3. The third kappa shape index (κ3) is 5.51. The minimum Gasteiger partial charge on any atom is -0.362 e. The molecular weight excluding hydrogens is 502 g/mol. The summed E-state index contributed by atoms with van der Waals surface area (Å²) in [4.78, 5) is 27.8. The van der Waals surface area contributed by atoms with Gasteiger partial charge in [0, 0.05) is 40.2 Å². The first-order valence-electron chi connectivity index (χ1n) is 11.3. The van der Waals surface area contributed by atoms with Gasteiger partial charge in [-0.2, -0.15) is 13.2 Å². The summed E-state index contributed by atoms with van der Waals surface area (Å²) in [6, 6.07) is 15.9. The highest BCUT2D eigenvalue weighted by atomic mass is 19.4. The molecule has 0 saturated carbocycles. The van der Waals surface area contributed by atoms with Crippen LogP contribution in [0.25, 0.3) is 11.6 Å². The highest BCUT2D eigenvalue weighted by molar-refractivity contribution is 6.35. The van der Waals surface area contributed by atoms with Crippen molar-refractivity contribution in [2.24, 2.45) is 0 Å². The number of fused-ring (bicyclic) bond motifs is 1. The Morgan fingerprint density at radius 3 is 2.39 bits per heavy atom. The van der Waals surface area contributed by atoms with Crippen molar-refractivity contribution in [1.82, 2.24) is 4.98 Å². The zero-order chi connectivity index (χ0) is 26.9. The Morgan fingerprint density at radius 1 is 0.842 bits per heavy atom. The molecule has 192 valence electrons. The lowest BCUT2D eigenvalue weighted by Gasteiger charge is -2.13. The molecule has 1 aromatic heterocycles. The Hall–Kier alpha value is -5.06. The van der Waals surface area contributed by atoms with Gasteiger partial charge in [-0.25, -0.2) is 9.18 Å². The van der Waals surface area contributed by atoms with Gasteiger partial charge in [-0.1, -0.05) is 12.1 Å². The van der Waals surface area contributed by atoms with Gasteiger partial charge in [-0.3, -0.25) is 4.79 Å². The number of nitrogens with one attached hydrogen (secondary N) is 5. The maximum absolute atomic E-state index is 14.3. The van der Waals surface area contributed by atoms with Gasteiger partial charge < -0.3 is 26.3 Å². The number of urea groups is 1. The molecule has 2 heterocycles. The van der Waals surface area contributed by atoms with Crippen molar-refractivity contribution in [3.05, 3.63) is 102 Å². The van der Waals surface area contributed by atoms with Crippen molar-refractivity contribution in [2.75, 3.05) is 21.3 Å². The van der Waals surface area contributed by atoms with Gasteiger partial charge >= 0.3 is 12.2 Å². The largest absolute Gasteiger partial charge is 0.416 e. The highest BCUT2D eigenvalue weighted by Gasteiger charge is 2.30. The van der Waals surface area contributed by atoms with Crippen molar-refractivity contribution in [3.63, 3.8) is 0 Å². The van der Waals surface area contributed by atoms with E-state index in [4.69, 9.17) is 0 Å². The molecule has 3 amide bonds. The maximum atomic E-state index is 14.3. The number of carbonyl (C=O) groups is 2. The van der Waals surface area contributed by atoms with E-state index in [1.807, 2.05) is 12.1 Å². The molecule has 38 heavy (non-hydrogen) atoms. The monoisotopic (exact) mass is 521 g/mol. The first kappa shape index (κ1) is 24.6. The molecule has 0 saturated heterocycles. The highest BCUT2D eigenvalue weighted by Crippen LogP contribution is 2.36. The lowest BCUT2D eigenvalue weighted by molar-refractivity contribution is -0.137. The molecule has 1 aliphatic heterocycles. The van der Waals surface area contributed by atoms with Gasteiger partial charge in [0.25, 0.3) is 5.91 Å². The van der Waals surface area contributed by atoms with E-state index in [-0.39, 0.29) is 17.3 Å². The van der Waals surface area contributed by atoms with E-state index in [1.165, 1.54) is 24.3 Å². The van der Waals surface area contributed by atoms with Gasteiger partial charge in [0.05, 0.1) is 16.8 Å². The molecule has 0 bridgehead atoms. The Morgan fingerprint density at radius 2 is 1.63 bits per heavy atom. The molecule has 0 unspecified atom stereocenters. The standard InChI is InChI=1S/C27H19F4N5O2/c28-16-10-20(12-21(11-16)35-26(38)34-18-4-1-3-15(9-18)27(29,30)31)33-19-6-7-22-23(13-17-5-2-8-32-17)25(37)36-24(22)14-19/h1-14,32-33H,(H,36,37)(H2,34,35,38)/b23-13+. The van der Waals surface area contributed by atoms with E-state index in [0.717, 1.165) is 23.9 Å². The summed E-state index contributed by atoms with van der Waals surface area (Å²) in [5.74, 6) is -0.911. The van der Waals surface area contributed by atoms with Gasteiger partial charge in [0.15, 0.2) is 0 Å². The fraction of sp³-hybridized carbons (Fsp3) is 0.0370. The Labute approximate surface area is 213 Å². The molecule has 0 radical (unpaired) electrons. The number of amides is 3.